The van der Waals surface area contributed by atoms with Gasteiger partial charge in [-0.2, -0.15) is 0 Å². The molecule has 0 bridgehead atoms. The number of benzene rings is 2. The van der Waals surface area contributed by atoms with E-state index in [1.54, 1.807) is 36.4 Å². The highest BCUT2D eigenvalue weighted by atomic mass is 35.6. The molecular formula is C19H18Cl3NO3. The Morgan fingerprint density at radius 1 is 1.00 bits per heavy atom. The van der Waals surface area contributed by atoms with Gasteiger partial charge in [0.05, 0.1) is 5.56 Å². The number of hydrogen-bond acceptors (Lipinski definition) is 4. The lowest BCUT2D eigenvalue weighted by atomic mass is 9.97. The molecule has 0 aliphatic rings. The van der Waals surface area contributed by atoms with Crippen molar-refractivity contribution in [2.75, 3.05) is 0 Å². The van der Waals surface area contributed by atoms with Gasteiger partial charge in [-0.3, -0.25) is 5.41 Å². The summed E-state index contributed by atoms with van der Waals surface area (Å²) < 4.78 is 8.90. The van der Waals surface area contributed by atoms with Crippen LogP contribution in [-0.2, 0) is 21.7 Å². The van der Waals surface area contributed by atoms with Crippen LogP contribution in [0.1, 0.15) is 35.3 Å². The second kappa shape index (κ2) is 8.30. The molecule has 0 saturated carbocycles. The van der Waals surface area contributed by atoms with Crippen LogP contribution in [0, 0.1) is 5.41 Å². The Bertz CT molecular complexity index is 769. The molecule has 4 nitrogen and oxygen atoms in total. The summed E-state index contributed by atoms with van der Waals surface area (Å²) in [4.78, 5) is 12.3. The third-order valence-corrected chi connectivity index (χ3v) is 4.16. The van der Waals surface area contributed by atoms with Gasteiger partial charge in [0.2, 0.25) is 5.90 Å². The molecule has 0 radical (unpaired) electrons. The normalized spacial score (nSPS) is 11.7. The first-order valence-corrected chi connectivity index (χ1v) is 8.89. The van der Waals surface area contributed by atoms with Crippen LogP contribution in [0.3, 0.4) is 0 Å². The Hall–Kier alpha value is -1.75. The van der Waals surface area contributed by atoms with Crippen LogP contribution < -0.4 is 0 Å². The highest BCUT2D eigenvalue weighted by molar-refractivity contribution is 6.76. The summed E-state index contributed by atoms with van der Waals surface area (Å²) >= 11 is 16.7. The molecule has 0 heterocycles. The molecule has 0 saturated heterocycles. The monoisotopic (exact) mass is 413 g/mol. The summed E-state index contributed by atoms with van der Waals surface area (Å²) in [5.41, 5.74) is 1.30. The van der Waals surface area contributed by atoms with Crippen molar-refractivity contribution in [3.05, 3.63) is 71.3 Å². The van der Waals surface area contributed by atoms with Gasteiger partial charge in [0.25, 0.3) is 3.79 Å². The van der Waals surface area contributed by atoms with E-state index in [0.29, 0.717) is 5.56 Å². The van der Waals surface area contributed by atoms with E-state index >= 15 is 0 Å². The smallest absolute Gasteiger partial charge is 0.338 e. The lowest BCUT2D eigenvalue weighted by Crippen LogP contribution is -2.25. The summed E-state index contributed by atoms with van der Waals surface area (Å²) in [7, 11) is 0. The van der Waals surface area contributed by atoms with Gasteiger partial charge >= 0.3 is 5.97 Å². The maximum atomic E-state index is 12.3. The van der Waals surface area contributed by atoms with Gasteiger partial charge in [-0.1, -0.05) is 77.3 Å². The highest BCUT2D eigenvalue weighted by Crippen LogP contribution is 2.29. The van der Waals surface area contributed by atoms with Crippen molar-refractivity contribution in [2.45, 2.75) is 29.8 Å². The van der Waals surface area contributed by atoms with E-state index in [1.165, 1.54) is 0 Å². The van der Waals surface area contributed by atoms with Gasteiger partial charge in [0.1, 0.15) is 12.2 Å². The molecule has 26 heavy (non-hydrogen) atoms. The molecule has 0 aliphatic carbocycles. The number of nitrogens with one attached hydrogen (secondary N) is 1. The number of hydrogen-bond donors (Lipinski definition) is 1. The van der Waals surface area contributed by atoms with Crippen LogP contribution in [0.5, 0.6) is 0 Å². The third-order valence-electron chi connectivity index (χ3n) is 3.65. The van der Waals surface area contributed by atoms with E-state index in [1.807, 2.05) is 32.0 Å². The van der Waals surface area contributed by atoms with Crippen molar-refractivity contribution < 1.29 is 14.3 Å². The zero-order valence-electron chi connectivity index (χ0n) is 14.3. The van der Waals surface area contributed by atoms with Gasteiger partial charge in [-0.15, -0.1) is 0 Å². The predicted molar refractivity (Wildman–Crippen MR) is 104 cm³/mol. The van der Waals surface area contributed by atoms with Crippen LogP contribution >= 0.6 is 34.8 Å². The number of ether oxygens (including phenoxy) is 2. The summed E-state index contributed by atoms with van der Waals surface area (Å²) in [5, 5.41) is 7.51. The predicted octanol–water partition coefficient (Wildman–Crippen LogP) is 5.64. The molecular weight excluding hydrogens is 397 g/mol. The molecule has 2 aromatic rings. The first-order chi connectivity index (χ1) is 12.1. The summed E-state index contributed by atoms with van der Waals surface area (Å²) in [6.07, 6.45) is 0. The molecule has 7 heteroatoms. The van der Waals surface area contributed by atoms with Crippen molar-refractivity contribution >= 4 is 46.7 Å². The van der Waals surface area contributed by atoms with Crippen LogP contribution in [-0.4, -0.2) is 15.7 Å². The van der Waals surface area contributed by atoms with Crippen LogP contribution in [0.4, 0.5) is 0 Å². The fourth-order valence-electron chi connectivity index (χ4n) is 2.16. The lowest BCUT2D eigenvalue weighted by Gasteiger charge is -2.26. The third kappa shape index (κ3) is 5.63. The maximum absolute atomic E-state index is 12.3. The maximum Gasteiger partial charge on any atom is 0.338 e. The second-order valence-electron chi connectivity index (χ2n) is 6.08. The summed E-state index contributed by atoms with van der Waals surface area (Å²) in [6.45, 7) is 3.73. The molecule has 0 unspecified atom stereocenters. The lowest BCUT2D eigenvalue weighted by molar-refractivity contribution is -0.00314. The van der Waals surface area contributed by atoms with E-state index in [4.69, 9.17) is 49.7 Å². The van der Waals surface area contributed by atoms with Gasteiger partial charge in [0.15, 0.2) is 0 Å². The fourth-order valence-corrected chi connectivity index (χ4v) is 2.33. The molecule has 0 fully saturated rings. The molecule has 0 aliphatic heterocycles. The van der Waals surface area contributed by atoms with E-state index in [0.717, 1.165) is 11.1 Å². The Kier molecular flexibility index (Phi) is 6.56. The molecule has 2 aromatic carbocycles. The van der Waals surface area contributed by atoms with E-state index in [2.05, 4.69) is 0 Å². The van der Waals surface area contributed by atoms with Gasteiger partial charge < -0.3 is 9.47 Å². The zero-order chi connectivity index (χ0) is 19.4. The van der Waals surface area contributed by atoms with Crippen LogP contribution in [0.2, 0.25) is 0 Å². The minimum absolute atomic E-state index is 0.0945. The Morgan fingerprint density at radius 3 is 2.12 bits per heavy atom. The quantitative estimate of drug-likeness (QED) is 0.298. The van der Waals surface area contributed by atoms with E-state index in [-0.39, 0.29) is 12.6 Å². The molecule has 0 spiro atoms. The van der Waals surface area contributed by atoms with Gasteiger partial charge in [-0.05, 0) is 37.1 Å². The van der Waals surface area contributed by atoms with Crippen LogP contribution in [0.25, 0.3) is 0 Å². The van der Waals surface area contributed by atoms with Crippen molar-refractivity contribution in [1.29, 1.82) is 5.41 Å². The SMILES string of the molecule is CC(C)(OC(=O)c1ccccc1)c1ccc(COC(=N)C(Cl)(Cl)Cl)cc1. The minimum atomic E-state index is -1.88. The number of halogens is 3. The molecule has 2 rings (SSSR count). The molecule has 0 aromatic heterocycles. The minimum Gasteiger partial charge on any atom is -0.473 e. The first-order valence-electron chi connectivity index (χ1n) is 7.76. The second-order valence-corrected chi connectivity index (χ2v) is 8.36. The number of esters is 1. The zero-order valence-corrected chi connectivity index (χ0v) is 16.5. The number of rotatable bonds is 5. The standard InChI is InChI=1S/C19H18Cl3NO3/c1-18(2,26-16(24)14-6-4-3-5-7-14)15-10-8-13(9-11-15)12-25-17(23)19(20,21)22/h3-11,23H,12H2,1-2H3. The van der Waals surface area contributed by atoms with E-state index in [9.17, 15) is 4.79 Å². The van der Waals surface area contributed by atoms with Crippen molar-refractivity contribution in [3.8, 4) is 0 Å². The van der Waals surface area contributed by atoms with Gasteiger partial charge in [-0.25, -0.2) is 4.79 Å². The number of alkyl halides is 3. The number of carbonyl (C=O) groups excluding carboxylic acids is 1. The molecule has 138 valence electrons. The molecule has 0 atom stereocenters. The number of carbonyl (C=O) groups is 1. The van der Waals surface area contributed by atoms with Crippen LogP contribution in [0.15, 0.2) is 54.6 Å². The van der Waals surface area contributed by atoms with E-state index < -0.39 is 15.3 Å². The Balaban J connectivity index is 2.02. The highest BCUT2D eigenvalue weighted by Gasteiger charge is 2.29. The first kappa shape index (κ1) is 20.6. The van der Waals surface area contributed by atoms with Crippen molar-refractivity contribution in [1.82, 2.24) is 0 Å². The average molecular weight is 415 g/mol. The van der Waals surface area contributed by atoms with Crippen molar-refractivity contribution in [2.24, 2.45) is 0 Å². The topological polar surface area (TPSA) is 59.4 Å². The van der Waals surface area contributed by atoms with Gasteiger partial charge in [0, 0.05) is 0 Å². The molecule has 0 amide bonds. The Labute approximate surface area is 167 Å². The summed E-state index contributed by atoms with van der Waals surface area (Å²) in [6, 6.07) is 16.1. The average Bonchev–Trinajstić information content (AvgIpc) is 2.59. The Morgan fingerprint density at radius 2 is 1.58 bits per heavy atom. The van der Waals surface area contributed by atoms with Crippen molar-refractivity contribution in [3.63, 3.8) is 0 Å². The largest absolute Gasteiger partial charge is 0.473 e. The summed E-state index contributed by atoms with van der Waals surface area (Å²) in [5.74, 6) is -0.831. The molecule has 1 N–H and O–H groups in total. The fraction of sp³-hybridized carbons (Fsp3) is 0.263.